The molecule has 4 heteroatoms. The standard InChI is InChI=1S/C20H26N2OS/c1-15-8-5-6-12-18(15)20(19(21)23,16-9-3-2-4-10-16)22-14-17-11-7-13-24-17/h5-8,11-13,16,22H,2-4,9-10,14H2,1H3,(H2,21,23). The molecule has 1 heterocycles. The van der Waals surface area contributed by atoms with Gasteiger partial charge in [0.2, 0.25) is 5.91 Å². The number of rotatable bonds is 6. The Balaban J connectivity index is 2.02. The zero-order valence-corrected chi connectivity index (χ0v) is 15.1. The van der Waals surface area contributed by atoms with Crippen LogP contribution in [0.3, 0.4) is 0 Å². The number of primary amides is 1. The molecular formula is C20H26N2OS. The Kier molecular flexibility index (Phi) is 5.36. The number of carbonyl (C=O) groups is 1. The lowest BCUT2D eigenvalue weighted by molar-refractivity contribution is -0.128. The minimum atomic E-state index is -0.782. The zero-order chi connectivity index (χ0) is 17.0. The van der Waals surface area contributed by atoms with E-state index < -0.39 is 5.54 Å². The first kappa shape index (κ1) is 17.2. The third-order valence-electron chi connectivity index (χ3n) is 5.30. The molecule has 1 aliphatic carbocycles. The van der Waals surface area contributed by atoms with Crippen LogP contribution in [0.4, 0.5) is 0 Å². The second kappa shape index (κ2) is 7.49. The van der Waals surface area contributed by atoms with Crippen LogP contribution in [0.2, 0.25) is 0 Å². The van der Waals surface area contributed by atoms with Crippen molar-refractivity contribution in [3.8, 4) is 0 Å². The van der Waals surface area contributed by atoms with Crippen LogP contribution >= 0.6 is 11.3 Å². The molecule has 1 unspecified atom stereocenters. The molecule has 1 aromatic carbocycles. The Morgan fingerprint density at radius 3 is 2.58 bits per heavy atom. The van der Waals surface area contributed by atoms with Gasteiger partial charge in [-0.2, -0.15) is 0 Å². The highest BCUT2D eigenvalue weighted by molar-refractivity contribution is 7.09. The number of thiophene rings is 1. The quantitative estimate of drug-likeness (QED) is 0.830. The number of aryl methyl sites for hydroxylation is 1. The van der Waals surface area contributed by atoms with E-state index in [0.717, 1.165) is 24.0 Å². The molecule has 1 fully saturated rings. The van der Waals surface area contributed by atoms with Crippen LogP contribution in [0.25, 0.3) is 0 Å². The summed E-state index contributed by atoms with van der Waals surface area (Å²) in [6.07, 6.45) is 5.70. The lowest BCUT2D eigenvalue weighted by atomic mass is 9.69. The van der Waals surface area contributed by atoms with Crippen LogP contribution in [0.5, 0.6) is 0 Å². The second-order valence-corrected chi connectivity index (χ2v) is 7.79. The first-order chi connectivity index (χ1) is 11.6. The molecule has 0 radical (unpaired) electrons. The summed E-state index contributed by atoms with van der Waals surface area (Å²) >= 11 is 1.71. The highest BCUT2D eigenvalue weighted by Crippen LogP contribution is 2.41. The van der Waals surface area contributed by atoms with Gasteiger partial charge in [0.15, 0.2) is 0 Å². The number of hydrogen-bond acceptors (Lipinski definition) is 3. The molecule has 2 aromatic rings. The van der Waals surface area contributed by atoms with Crippen molar-refractivity contribution in [1.82, 2.24) is 5.32 Å². The molecule has 24 heavy (non-hydrogen) atoms. The van der Waals surface area contributed by atoms with Gasteiger partial charge < -0.3 is 5.73 Å². The Bertz CT molecular complexity index is 677. The molecule has 3 rings (SSSR count). The van der Waals surface area contributed by atoms with E-state index in [1.807, 2.05) is 18.2 Å². The van der Waals surface area contributed by atoms with E-state index in [-0.39, 0.29) is 11.8 Å². The van der Waals surface area contributed by atoms with E-state index in [4.69, 9.17) is 5.73 Å². The summed E-state index contributed by atoms with van der Waals surface area (Å²) in [5, 5.41) is 5.66. The van der Waals surface area contributed by atoms with Crippen LogP contribution in [-0.4, -0.2) is 5.91 Å². The molecule has 0 saturated heterocycles. The number of hydrogen-bond donors (Lipinski definition) is 2. The summed E-state index contributed by atoms with van der Waals surface area (Å²) in [7, 11) is 0. The van der Waals surface area contributed by atoms with Gasteiger partial charge in [0.05, 0.1) is 0 Å². The monoisotopic (exact) mass is 342 g/mol. The van der Waals surface area contributed by atoms with E-state index in [1.54, 1.807) is 11.3 Å². The minimum absolute atomic E-state index is 0.250. The molecule has 1 saturated carbocycles. The van der Waals surface area contributed by atoms with Gasteiger partial charge in [-0.1, -0.05) is 49.6 Å². The highest BCUT2D eigenvalue weighted by atomic mass is 32.1. The van der Waals surface area contributed by atoms with E-state index in [9.17, 15) is 4.79 Å². The van der Waals surface area contributed by atoms with Gasteiger partial charge in [0.25, 0.3) is 0 Å². The van der Waals surface area contributed by atoms with Crippen LogP contribution in [0, 0.1) is 12.8 Å². The van der Waals surface area contributed by atoms with Gasteiger partial charge in [0, 0.05) is 11.4 Å². The molecule has 0 spiro atoms. The van der Waals surface area contributed by atoms with Crippen molar-refractivity contribution < 1.29 is 4.79 Å². The summed E-state index contributed by atoms with van der Waals surface area (Å²) in [5.74, 6) is 0.00469. The first-order valence-electron chi connectivity index (χ1n) is 8.78. The largest absolute Gasteiger partial charge is 0.368 e. The molecule has 3 N–H and O–H groups in total. The Labute approximate surface area is 148 Å². The molecule has 1 aromatic heterocycles. The van der Waals surface area contributed by atoms with Crippen LogP contribution in [-0.2, 0) is 16.9 Å². The molecule has 0 aliphatic heterocycles. The Morgan fingerprint density at radius 1 is 1.21 bits per heavy atom. The second-order valence-electron chi connectivity index (χ2n) is 6.76. The average Bonchev–Trinajstić information content (AvgIpc) is 3.11. The minimum Gasteiger partial charge on any atom is -0.368 e. The van der Waals surface area contributed by atoms with Crippen LogP contribution in [0.15, 0.2) is 41.8 Å². The summed E-state index contributed by atoms with van der Waals surface area (Å²) in [6, 6.07) is 12.3. The average molecular weight is 343 g/mol. The van der Waals surface area contributed by atoms with Gasteiger partial charge in [-0.3, -0.25) is 10.1 Å². The summed E-state index contributed by atoms with van der Waals surface area (Å²) < 4.78 is 0. The lowest BCUT2D eigenvalue weighted by Crippen LogP contribution is -2.58. The third kappa shape index (κ3) is 3.26. The fourth-order valence-electron chi connectivity index (χ4n) is 4.07. The summed E-state index contributed by atoms with van der Waals surface area (Å²) in [5.41, 5.74) is 7.43. The first-order valence-corrected chi connectivity index (χ1v) is 9.66. The maximum atomic E-state index is 12.8. The van der Waals surface area contributed by atoms with Crippen molar-refractivity contribution in [3.05, 3.63) is 57.8 Å². The third-order valence-corrected chi connectivity index (χ3v) is 6.17. The molecular weight excluding hydrogens is 316 g/mol. The SMILES string of the molecule is Cc1ccccc1C(NCc1cccs1)(C(N)=O)C1CCCCC1. The van der Waals surface area contributed by atoms with Gasteiger partial charge in [-0.15, -0.1) is 11.3 Å². The van der Waals surface area contributed by atoms with Crippen molar-refractivity contribution in [2.45, 2.75) is 51.1 Å². The van der Waals surface area contributed by atoms with E-state index in [1.165, 1.54) is 24.1 Å². The lowest BCUT2D eigenvalue weighted by Gasteiger charge is -2.42. The predicted octanol–water partition coefficient (Wildman–Crippen LogP) is 4.11. The van der Waals surface area contributed by atoms with Crippen LogP contribution < -0.4 is 11.1 Å². The highest BCUT2D eigenvalue weighted by Gasteiger charge is 2.46. The fraction of sp³-hybridized carbons (Fsp3) is 0.450. The molecule has 0 bridgehead atoms. The molecule has 1 aliphatic rings. The van der Waals surface area contributed by atoms with Crippen molar-refractivity contribution in [2.75, 3.05) is 0 Å². The number of amides is 1. The maximum absolute atomic E-state index is 12.8. The summed E-state index contributed by atoms with van der Waals surface area (Å²) in [6.45, 7) is 2.74. The number of nitrogens with one attached hydrogen (secondary N) is 1. The Hall–Kier alpha value is -1.65. The molecule has 128 valence electrons. The van der Waals surface area contributed by atoms with Gasteiger partial charge in [-0.05, 0) is 48.3 Å². The van der Waals surface area contributed by atoms with Crippen molar-refractivity contribution in [2.24, 2.45) is 11.7 Å². The normalized spacial score (nSPS) is 18.2. The number of benzene rings is 1. The molecule has 1 atom stereocenters. The zero-order valence-electron chi connectivity index (χ0n) is 14.3. The summed E-state index contributed by atoms with van der Waals surface area (Å²) in [4.78, 5) is 14.0. The van der Waals surface area contributed by atoms with Crippen molar-refractivity contribution in [1.29, 1.82) is 0 Å². The van der Waals surface area contributed by atoms with Crippen LogP contribution in [0.1, 0.15) is 48.1 Å². The van der Waals surface area contributed by atoms with Gasteiger partial charge in [0.1, 0.15) is 5.54 Å². The smallest absolute Gasteiger partial charge is 0.242 e. The van der Waals surface area contributed by atoms with E-state index in [2.05, 4.69) is 35.8 Å². The molecule has 1 amide bonds. The fourth-order valence-corrected chi connectivity index (χ4v) is 4.72. The predicted molar refractivity (Wildman–Crippen MR) is 99.8 cm³/mol. The molecule has 3 nitrogen and oxygen atoms in total. The van der Waals surface area contributed by atoms with E-state index in [0.29, 0.717) is 6.54 Å². The number of carbonyl (C=O) groups excluding carboxylic acids is 1. The van der Waals surface area contributed by atoms with Crippen molar-refractivity contribution >= 4 is 17.2 Å². The topological polar surface area (TPSA) is 55.1 Å². The van der Waals surface area contributed by atoms with Gasteiger partial charge >= 0.3 is 0 Å². The number of nitrogens with two attached hydrogens (primary N) is 1. The van der Waals surface area contributed by atoms with Gasteiger partial charge in [-0.25, -0.2) is 0 Å². The maximum Gasteiger partial charge on any atom is 0.242 e. The van der Waals surface area contributed by atoms with E-state index >= 15 is 0 Å². The van der Waals surface area contributed by atoms with Crippen molar-refractivity contribution in [3.63, 3.8) is 0 Å². The Morgan fingerprint density at radius 2 is 1.96 bits per heavy atom.